The third-order valence-electron chi connectivity index (χ3n) is 3.69. The molecule has 28 heavy (non-hydrogen) atoms. The number of nitro groups is 1. The van der Waals surface area contributed by atoms with E-state index in [1.54, 1.807) is 25.1 Å². The zero-order valence-electron chi connectivity index (χ0n) is 15.9. The monoisotopic (exact) mass is 386 g/mol. The number of benzene rings is 2. The van der Waals surface area contributed by atoms with Gasteiger partial charge in [0, 0.05) is 23.4 Å². The van der Waals surface area contributed by atoms with Crippen LogP contribution in [0, 0.1) is 10.1 Å². The Morgan fingerprint density at radius 2 is 1.89 bits per heavy atom. The van der Waals surface area contributed by atoms with Gasteiger partial charge < -0.3 is 15.2 Å². The molecule has 0 atom stereocenters. The molecular formula is C19H22N4O5. The van der Waals surface area contributed by atoms with E-state index in [4.69, 9.17) is 15.2 Å². The second kappa shape index (κ2) is 9.36. The number of nitrogens with two attached hydrogens (primary N) is 1. The van der Waals surface area contributed by atoms with Crippen LogP contribution in [-0.4, -0.2) is 29.8 Å². The number of hydrazone groups is 1. The first-order chi connectivity index (χ1) is 13.3. The number of carbonyl (C=O) groups excluding carboxylic acids is 1. The lowest BCUT2D eigenvalue weighted by Crippen LogP contribution is -2.20. The third-order valence-corrected chi connectivity index (χ3v) is 3.69. The van der Waals surface area contributed by atoms with Gasteiger partial charge in [0.2, 0.25) is 0 Å². The molecule has 0 aliphatic rings. The Hall–Kier alpha value is -3.62. The summed E-state index contributed by atoms with van der Waals surface area (Å²) in [7, 11) is 0. The van der Waals surface area contributed by atoms with Gasteiger partial charge in [0.1, 0.15) is 11.5 Å². The van der Waals surface area contributed by atoms with Crippen LogP contribution in [0.5, 0.6) is 11.5 Å². The quantitative estimate of drug-likeness (QED) is 0.310. The highest BCUT2D eigenvalue weighted by atomic mass is 16.6. The summed E-state index contributed by atoms with van der Waals surface area (Å²) in [6.45, 7) is 6.42. The first-order valence-electron chi connectivity index (χ1n) is 8.65. The number of nitro benzene ring substituents is 1. The van der Waals surface area contributed by atoms with E-state index in [1.165, 1.54) is 12.1 Å². The molecule has 2 aromatic carbocycles. The Balaban J connectivity index is 2.27. The fourth-order valence-electron chi connectivity index (χ4n) is 2.46. The molecule has 0 aliphatic heterocycles. The highest BCUT2D eigenvalue weighted by Crippen LogP contribution is 2.25. The minimum absolute atomic E-state index is 0.0383. The highest BCUT2D eigenvalue weighted by Gasteiger charge is 2.14. The molecule has 0 unspecified atom stereocenters. The predicted octanol–water partition coefficient (Wildman–Crippen LogP) is 3.13. The van der Waals surface area contributed by atoms with Gasteiger partial charge in [-0.25, -0.2) is 5.43 Å². The van der Waals surface area contributed by atoms with E-state index in [1.807, 2.05) is 13.8 Å². The summed E-state index contributed by atoms with van der Waals surface area (Å²) in [6, 6.07) is 8.98. The first kappa shape index (κ1) is 20.7. The number of amides is 1. The van der Waals surface area contributed by atoms with Crippen molar-refractivity contribution in [3.05, 3.63) is 57.6 Å². The van der Waals surface area contributed by atoms with Gasteiger partial charge >= 0.3 is 0 Å². The SMILES string of the molecule is CCOc1ccc(OCC)c(/C(C)=N\NC(=O)c2cc(N)cc([N+](=O)[O-])c2)c1. The Morgan fingerprint density at radius 3 is 2.54 bits per heavy atom. The number of nitrogens with zero attached hydrogens (tertiary/aromatic N) is 2. The number of nitrogens with one attached hydrogen (secondary N) is 1. The fourth-order valence-corrected chi connectivity index (χ4v) is 2.46. The van der Waals surface area contributed by atoms with E-state index >= 15 is 0 Å². The van der Waals surface area contributed by atoms with Crippen LogP contribution in [0.4, 0.5) is 11.4 Å². The van der Waals surface area contributed by atoms with Crippen molar-refractivity contribution >= 4 is 23.0 Å². The lowest BCUT2D eigenvalue weighted by molar-refractivity contribution is -0.384. The number of hydrogen-bond donors (Lipinski definition) is 2. The number of carbonyl (C=O) groups is 1. The molecule has 0 heterocycles. The lowest BCUT2D eigenvalue weighted by atomic mass is 10.1. The van der Waals surface area contributed by atoms with Crippen molar-refractivity contribution in [2.24, 2.45) is 5.10 Å². The van der Waals surface area contributed by atoms with Gasteiger partial charge in [-0.2, -0.15) is 5.10 Å². The van der Waals surface area contributed by atoms with E-state index in [0.717, 1.165) is 6.07 Å². The van der Waals surface area contributed by atoms with Crippen LogP contribution < -0.4 is 20.6 Å². The van der Waals surface area contributed by atoms with Crippen molar-refractivity contribution in [2.75, 3.05) is 18.9 Å². The van der Waals surface area contributed by atoms with Crippen molar-refractivity contribution in [2.45, 2.75) is 20.8 Å². The second-order valence-corrected chi connectivity index (χ2v) is 5.73. The normalized spacial score (nSPS) is 11.0. The predicted molar refractivity (Wildman–Crippen MR) is 106 cm³/mol. The average molecular weight is 386 g/mol. The molecule has 0 saturated heterocycles. The molecule has 0 spiro atoms. The summed E-state index contributed by atoms with van der Waals surface area (Å²) in [5.41, 5.74) is 9.04. The minimum Gasteiger partial charge on any atom is -0.494 e. The highest BCUT2D eigenvalue weighted by molar-refractivity contribution is 6.03. The van der Waals surface area contributed by atoms with Gasteiger partial charge in [-0.05, 0) is 45.0 Å². The largest absolute Gasteiger partial charge is 0.494 e. The molecule has 9 heteroatoms. The molecule has 0 radical (unpaired) electrons. The van der Waals surface area contributed by atoms with Gasteiger partial charge in [0.25, 0.3) is 11.6 Å². The summed E-state index contributed by atoms with van der Waals surface area (Å²) < 4.78 is 11.1. The van der Waals surface area contributed by atoms with Gasteiger partial charge in [-0.1, -0.05) is 0 Å². The van der Waals surface area contributed by atoms with Crippen molar-refractivity contribution in [1.29, 1.82) is 0 Å². The number of ether oxygens (including phenoxy) is 2. The molecule has 0 bridgehead atoms. The first-order valence-corrected chi connectivity index (χ1v) is 8.65. The summed E-state index contributed by atoms with van der Waals surface area (Å²) >= 11 is 0. The van der Waals surface area contributed by atoms with E-state index < -0.39 is 10.8 Å². The number of nitrogen functional groups attached to an aromatic ring is 1. The maximum absolute atomic E-state index is 12.3. The molecule has 2 aromatic rings. The Labute approximate surface area is 162 Å². The molecule has 0 aliphatic carbocycles. The van der Waals surface area contributed by atoms with Crippen LogP contribution in [0.3, 0.4) is 0 Å². The second-order valence-electron chi connectivity index (χ2n) is 5.73. The molecule has 0 fully saturated rings. The topological polar surface area (TPSA) is 129 Å². The molecule has 148 valence electrons. The van der Waals surface area contributed by atoms with Crippen LogP contribution in [0.2, 0.25) is 0 Å². The number of non-ortho nitro benzene ring substituents is 1. The standard InChI is InChI=1S/C19H22N4O5/c1-4-27-16-6-7-18(28-5-2)17(11-16)12(3)21-22-19(24)13-8-14(20)10-15(9-13)23(25)26/h6-11H,4-5,20H2,1-3H3,(H,22,24)/b21-12-. The van der Waals surface area contributed by atoms with E-state index in [2.05, 4.69) is 10.5 Å². The van der Waals surface area contributed by atoms with Crippen LogP contribution in [0.1, 0.15) is 36.7 Å². The molecular weight excluding hydrogens is 364 g/mol. The van der Waals surface area contributed by atoms with Gasteiger partial charge in [-0.3, -0.25) is 14.9 Å². The summed E-state index contributed by atoms with van der Waals surface area (Å²) in [5, 5.41) is 15.0. The summed E-state index contributed by atoms with van der Waals surface area (Å²) in [4.78, 5) is 22.6. The number of anilines is 1. The molecule has 0 saturated carbocycles. The minimum atomic E-state index is -0.617. The van der Waals surface area contributed by atoms with E-state index in [0.29, 0.717) is 36.0 Å². The maximum atomic E-state index is 12.3. The van der Waals surface area contributed by atoms with Crippen LogP contribution in [0.15, 0.2) is 41.5 Å². The van der Waals surface area contributed by atoms with E-state index in [9.17, 15) is 14.9 Å². The smallest absolute Gasteiger partial charge is 0.272 e. The molecule has 3 N–H and O–H groups in total. The van der Waals surface area contributed by atoms with Gasteiger partial charge in [0.05, 0.1) is 29.4 Å². The molecule has 1 amide bonds. The van der Waals surface area contributed by atoms with Gasteiger partial charge in [0.15, 0.2) is 0 Å². The van der Waals surface area contributed by atoms with Crippen LogP contribution in [-0.2, 0) is 0 Å². The molecule has 9 nitrogen and oxygen atoms in total. The summed E-state index contributed by atoms with van der Waals surface area (Å²) in [6.07, 6.45) is 0. The zero-order valence-corrected chi connectivity index (χ0v) is 15.9. The Morgan fingerprint density at radius 1 is 1.18 bits per heavy atom. The fraction of sp³-hybridized carbons (Fsp3) is 0.263. The molecule has 0 aromatic heterocycles. The number of hydrogen-bond acceptors (Lipinski definition) is 7. The summed E-state index contributed by atoms with van der Waals surface area (Å²) in [5.74, 6) is 0.628. The van der Waals surface area contributed by atoms with E-state index in [-0.39, 0.29) is 16.9 Å². The van der Waals surface area contributed by atoms with Crippen molar-refractivity contribution in [3.8, 4) is 11.5 Å². The molecule has 2 rings (SSSR count). The van der Waals surface area contributed by atoms with Crippen molar-refractivity contribution in [1.82, 2.24) is 5.43 Å². The zero-order chi connectivity index (χ0) is 20.7. The van der Waals surface area contributed by atoms with Crippen molar-refractivity contribution < 1.29 is 19.2 Å². The Kier molecular flexibility index (Phi) is 6.91. The Bertz CT molecular complexity index is 911. The van der Waals surface area contributed by atoms with Crippen molar-refractivity contribution in [3.63, 3.8) is 0 Å². The maximum Gasteiger partial charge on any atom is 0.272 e. The lowest BCUT2D eigenvalue weighted by Gasteiger charge is -2.12. The van der Waals surface area contributed by atoms with Crippen LogP contribution >= 0.6 is 0 Å². The number of rotatable bonds is 8. The van der Waals surface area contributed by atoms with Gasteiger partial charge in [-0.15, -0.1) is 0 Å². The van der Waals surface area contributed by atoms with Crippen LogP contribution in [0.25, 0.3) is 0 Å². The third kappa shape index (κ3) is 5.19. The average Bonchev–Trinajstić information content (AvgIpc) is 2.66.